The van der Waals surface area contributed by atoms with E-state index >= 15 is 0 Å². The monoisotopic (exact) mass is 245 g/mol. The van der Waals surface area contributed by atoms with Crippen LogP contribution in [0.15, 0.2) is 30.3 Å². The van der Waals surface area contributed by atoms with E-state index in [1.807, 2.05) is 6.07 Å². The summed E-state index contributed by atoms with van der Waals surface area (Å²) >= 11 is 0. The number of carbonyl (C=O) groups is 1. The predicted molar refractivity (Wildman–Crippen MR) is 74.2 cm³/mol. The molecular weight excluding hydrogens is 222 g/mol. The minimum Gasteiger partial charge on any atom is -0.369 e. The van der Waals surface area contributed by atoms with Gasteiger partial charge in [0, 0.05) is 0 Å². The molecule has 0 aromatic heterocycles. The molecule has 1 aliphatic carbocycles. The maximum absolute atomic E-state index is 12.1. The van der Waals surface area contributed by atoms with E-state index in [0.717, 1.165) is 32.1 Å². The molecule has 0 bridgehead atoms. The highest BCUT2D eigenvalue weighted by atomic mass is 16.1. The fourth-order valence-electron chi connectivity index (χ4n) is 3.58. The van der Waals surface area contributed by atoms with Crippen LogP contribution in [-0.4, -0.2) is 5.91 Å². The number of amides is 1. The Morgan fingerprint density at radius 2 is 1.83 bits per heavy atom. The first-order chi connectivity index (χ1) is 8.70. The van der Waals surface area contributed by atoms with E-state index in [0.29, 0.717) is 0 Å². The van der Waals surface area contributed by atoms with Crippen LogP contribution in [0.1, 0.15) is 56.9 Å². The summed E-state index contributed by atoms with van der Waals surface area (Å²) in [5, 5.41) is 0. The Balaban J connectivity index is 2.36. The molecule has 98 valence electrons. The lowest BCUT2D eigenvalue weighted by Gasteiger charge is -2.41. The molecule has 0 radical (unpaired) electrons. The van der Waals surface area contributed by atoms with Crippen molar-refractivity contribution in [3.63, 3.8) is 0 Å². The fraction of sp³-hybridized carbons (Fsp3) is 0.562. The Morgan fingerprint density at radius 1 is 1.22 bits per heavy atom. The third-order valence-electron chi connectivity index (χ3n) is 4.51. The molecule has 2 nitrogen and oxygen atoms in total. The SMILES string of the molecule is CCC(c1ccccc1)C1(C(N)=O)CCCCC1. The van der Waals surface area contributed by atoms with E-state index in [1.54, 1.807) is 0 Å². The molecule has 0 aliphatic heterocycles. The number of carbonyl (C=O) groups excluding carboxylic acids is 1. The van der Waals surface area contributed by atoms with Crippen LogP contribution in [0.25, 0.3) is 0 Å². The van der Waals surface area contributed by atoms with Crippen molar-refractivity contribution in [1.82, 2.24) is 0 Å². The zero-order valence-electron chi connectivity index (χ0n) is 11.2. The normalized spacial score (nSPS) is 20.3. The molecule has 2 N–H and O–H groups in total. The highest BCUT2D eigenvalue weighted by Gasteiger charge is 2.44. The van der Waals surface area contributed by atoms with Gasteiger partial charge in [-0.05, 0) is 30.7 Å². The van der Waals surface area contributed by atoms with Crippen molar-refractivity contribution in [3.05, 3.63) is 35.9 Å². The number of hydrogen-bond donors (Lipinski definition) is 1. The minimum atomic E-state index is -0.311. The third kappa shape index (κ3) is 2.29. The average molecular weight is 245 g/mol. The van der Waals surface area contributed by atoms with Crippen LogP contribution in [-0.2, 0) is 4.79 Å². The highest BCUT2D eigenvalue weighted by Crippen LogP contribution is 2.48. The molecule has 1 aromatic carbocycles. The lowest BCUT2D eigenvalue weighted by atomic mass is 9.62. The van der Waals surface area contributed by atoms with Crippen molar-refractivity contribution in [3.8, 4) is 0 Å². The second-order valence-electron chi connectivity index (χ2n) is 5.45. The Morgan fingerprint density at radius 3 is 2.33 bits per heavy atom. The molecule has 0 saturated heterocycles. The molecule has 1 aliphatic rings. The molecule has 18 heavy (non-hydrogen) atoms. The summed E-state index contributed by atoms with van der Waals surface area (Å²) in [6.45, 7) is 2.16. The summed E-state index contributed by atoms with van der Waals surface area (Å²) in [6.07, 6.45) is 6.39. The van der Waals surface area contributed by atoms with Crippen molar-refractivity contribution in [2.24, 2.45) is 11.1 Å². The van der Waals surface area contributed by atoms with Crippen LogP contribution < -0.4 is 5.73 Å². The number of hydrogen-bond acceptors (Lipinski definition) is 1. The molecule has 1 aromatic rings. The second-order valence-corrected chi connectivity index (χ2v) is 5.45. The molecule has 0 spiro atoms. The Labute approximate surface area is 110 Å². The summed E-state index contributed by atoms with van der Waals surface area (Å²) < 4.78 is 0. The zero-order chi connectivity index (χ0) is 13.0. The maximum Gasteiger partial charge on any atom is 0.224 e. The van der Waals surface area contributed by atoms with Crippen LogP contribution in [0.4, 0.5) is 0 Å². The van der Waals surface area contributed by atoms with Gasteiger partial charge in [-0.1, -0.05) is 56.5 Å². The van der Waals surface area contributed by atoms with Crippen molar-refractivity contribution in [2.75, 3.05) is 0 Å². The molecular formula is C16H23NO. The summed E-state index contributed by atoms with van der Waals surface area (Å²) in [6, 6.07) is 10.4. The zero-order valence-corrected chi connectivity index (χ0v) is 11.2. The summed E-state index contributed by atoms with van der Waals surface area (Å²) in [5.74, 6) is 0.175. The van der Waals surface area contributed by atoms with Gasteiger partial charge in [-0.15, -0.1) is 0 Å². The third-order valence-corrected chi connectivity index (χ3v) is 4.51. The lowest BCUT2D eigenvalue weighted by molar-refractivity contribution is -0.131. The van der Waals surface area contributed by atoms with Crippen molar-refractivity contribution in [2.45, 2.75) is 51.4 Å². The molecule has 1 fully saturated rings. The van der Waals surface area contributed by atoms with Gasteiger partial charge in [0.2, 0.25) is 5.91 Å². The number of primary amides is 1. The topological polar surface area (TPSA) is 43.1 Å². The van der Waals surface area contributed by atoms with Gasteiger partial charge in [0.05, 0.1) is 5.41 Å². The highest BCUT2D eigenvalue weighted by molar-refractivity contribution is 5.82. The van der Waals surface area contributed by atoms with Gasteiger partial charge in [-0.2, -0.15) is 0 Å². The largest absolute Gasteiger partial charge is 0.369 e. The minimum absolute atomic E-state index is 0.0992. The van der Waals surface area contributed by atoms with Gasteiger partial charge >= 0.3 is 0 Å². The van der Waals surface area contributed by atoms with Gasteiger partial charge in [0.15, 0.2) is 0 Å². The van der Waals surface area contributed by atoms with Gasteiger partial charge in [-0.25, -0.2) is 0 Å². The Kier molecular flexibility index (Phi) is 4.05. The van der Waals surface area contributed by atoms with Crippen LogP contribution in [0.5, 0.6) is 0 Å². The van der Waals surface area contributed by atoms with Crippen molar-refractivity contribution in [1.29, 1.82) is 0 Å². The molecule has 1 saturated carbocycles. The molecule has 1 unspecified atom stereocenters. The van der Waals surface area contributed by atoms with Gasteiger partial charge in [0.1, 0.15) is 0 Å². The fourth-order valence-corrected chi connectivity index (χ4v) is 3.58. The van der Waals surface area contributed by atoms with E-state index in [-0.39, 0.29) is 17.2 Å². The Bertz CT molecular complexity index is 393. The predicted octanol–water partition coefficient (Wildman–Crippen LogP) is 3.62. The van der Waals surface area contributed by atoms with E-state index < -0.39 is 0 Å². The smallest absolute Gasteiger partial charge is 0.224 e. The van der Waals surface area contributed by atoms with Gasteiger partial charge in [-0.3, -0.25) is 4.79 Å². The average Bonchev–Trinajstić information content (AvgIpc) is 2.41. The van der Waals surface area contributed by atoms with Crippen molar-refractivity contribution < 1.29 is 4.79 Å². The first kappa shape index (κ1) is 13.1. The maximum atomic E-state index is 12.1. The van der Waals surface area contributed by atoms with E-state index in [1.165, 1.54) is 12.0 Å². The molecule has 0 heterocycles. The number of benzene rings is 1. The van der Waals surface area contributed by atoms with E-state index in [2.05, 4.69) is 31.2 Å². The Hall–Kier alpha value is -1.31. The number of nitrogens with two attached hydrogens (primary N) is 1. The van der Waals surface area contributed by atoms with Crippen molar-refractivity contribution >= 4 is 5.91 Å². The lowest BCUT2D eigenvalue weighted by Crippen LogP contribution is -2.43. The molecule has 2 heteroatoms. The first-order valence-corrected chi connectivity index (χ1v) is 7.05. The van der Waals surface area contributed by atoms with Gasteiger partial charge < -0.3 is 5.73 Å². The second kappa shape index (κ2) is 5.55. The van der Waals surface area contributed by atoms with Crippen LogP contribution >= 0.6 is 0 Å². The van der Waals surface area contributed by atoms with E-state index in [4.69, 9.17) is 5.73 Å². The summed E-state index contributed by atoms with van der Waals surface area (Å²) in [7, 11) is 0. The molecule has 1 amide bonds. The quantitative estimate of drug-likeness (QED) is 0.865. The standard InChI is InChI=1S/C16H23NO/c1-2-14(13-9-5-3-6-10-13)16(15(17)18)11-7-4-8-12-16/h3,5-6,9-10,14H,2,4,7-8,11-12H2,1H3,(H2,17,18). The van der Waals surface area contributed by atoms with Crippen LogP contribution in [0, 0.1) is 5.41 Å². The first-order valence-electron chi connectivity index (χ1n) is 7.05. The molecule has 2 rings (SSSR count). The number of rotatable bonds is 4. The van der Waals surface area contributed by atoms with Crippen LogP contribution in [0.3, 0.4) is 0 Å². The van der Waals surface area contributed by atoms with Gasteiger partial charge in [0.25, 0.3) is 0 Å². The van der Waals surface area contributed by atoms with E-state index in [9.17, 15) is 4.79 Å². The van der Waals surface area contributed by atoms with Crippen LogP contribution in [0.2, 0.25) is 0 Å². The summed E-state index contributed by atoms with van der Waals surface area (Å²) in [5.41, 5.74) is 6.73. The summed E-state index contributed by atoms with van der Waals surface area (Å²) in [4.78, 5) is 12.1. The molecule has 1 atom stereocenters.